The number of nitrogens with zero attached hydrogens (tertiary/aromatic N) is 2. The molecule has 1 aliphatic carbocycles. The summed E-state index contributed by atoms with van der Waals surface area (Å²) in [6.45, 7) is 3.07. The third kappa shape index (κ3) is 1.77. The van der Waals surface area contributed by atoms with Crippen molar-refractivity contribution in [2.24, 2.45) is 0 Å². The Kier molecular flexibility index (Phi) is 3.50. The molecule has 0 bridgehead atoms. The molecule has 1 atom stereocenters. The molecule has 3 nitrogen and oxygen atoms in total. The van der Waals surface area contributed by atoms with Crippen LogP contribution < -0.4 is 0 Å². The van der Waals surface area contributed by atoms with Gasteiger partial charge in [0.05, 0.1) is 16.3 Å². The summed E-state index contributed by atoms with van der Waals surface area (Å²) in [7, 11) is 5.90. The molecule has 0 spiro atoms. The van der Waals surface area contributed by atoms with Crippen LogP contribution in [0.3, 0.4) is 0 Å². The van der Waals surface area contributed by atoms with Gasteiger partial charge in [-0.1, -0.05) is 19.1 Å². The highest BCUT2D eigenvalue weighted by atomic mass is 32.1. The summed E-state index contributed by atoms with van der Waals surface area (Å²) < 4.78 is 0. The Bertz CT molecular complexity index is 273. The number of hydrogen-bond donors (Lipinski definition) is 1. The molecular weight excluding hydrogens is 196 g/mol. The van der Waals surface area contributed by atoms with E-state index in [-0.39, 0.29) is 0 Å². The van der Waals surface area contributed by atoms with Crippen LogP contribution in [0.15, 0.2) is 11.4 Å². The summed E-state index contributed by atoms with van der Waals surface area (Å²) in [5.74, 6) is 0. The number of aliphatic hydroxyl groups is 1. The van der Waals surface area contributed by atoms with Gasteiger partial charge in [-0.2, -0.15) is 0 Å². The lowest BCUT2D eigenvalue weighted by atomic mass is 9.94. The second-order valence-corrected chi connectivity index (χ2v) is 4.26. The fourth-order valence-electron chi connectivity index (χ4n) is 1.73. The number of likely N-dealkylation sites (N-methyl/N-ethyl adjacent to an activating group) is 1. The minimum atomic E-state index is -0.543. The average Bonchev–Trinajstić information content (AvgIpc) is 2.11. The van der Waals surface area contributed by atoms with E-state index in [4.69, 9.17) is 12.2 Å². The maximum atomic E-state index is 9.73. The Morgan fingerprint density at radius 2 is 1.93 bits per heavy atom. The molecule has 0 aromatic carbocycles. The third-order valence-electron chi connectivity index (χ3n) is 2.40. The van der Waals surface area contributed by atoms with Crippen molar-refractivity contribution in [3.8, 4) is 0 Å². The van der Waals surface area contributed by atoms with Crippen molar-refractivity contribution in [2.75, 3.05) is 27.7 Å². The van der Waals surface area contributed by atoms with Gasteiger partial charge in [0.15, 0.2) is 0 Å². The molecular formula is C10H18N2OS. The highest BCUT2D eigenvalue weighted by Crippen LogP contribution is 2.29. The zero-order chi connectivity index (χ0) is 10.9. The van der Waals surface area contributed by atoms with Crippen molar-refractivity contribution in [3.05, 3.63) is 11.4 Å². The zero-order valence-corrected chi connectivity index (χ0v) is 10.1. The molecule has 80 valence electrons. The van der Waals surface area contributed by atoms with Gasteiger partial charge in [0.1, 0.15) is 6.10 Å². The highest BCUT2D eigenvalue weighted by molar-refractivity contribution is 7.81. The molecule has 0 amide bonds. The largest absolute Gasteiger partial charge is 0.381 e. The van der Waals surface area contributed by atoms with Crippen LogP contribution in [0.1, 0.15) is 13.3 Å². The van der Waals surface area contributed by atoms with Gasteiger partial charge in [0.2, 0.25) is 0 Å². The Morgan fingerprint density at radius 3 is 2.36 bits per heavy atom. The molecule has 0 aliphatic heterocycles. The van der Waals surface area contributed by atoms with Crippen molar-refractivity contribution in [2.45, 2.75) is 19.4 Å². The molecule has 4 heteroatoms. The number of thiocarbonyl (C=S) groups is 1. The van der Waals surface area contributed by atoms with Gasteiger partial charge in [0.25, 0.3) is 0 Å². The fraction of sp³-hybridized carbons (Fsp3) is 0.700. The monoisotopic (exact) mass is 214 g/mol. The summed E-state index contributed by atoms with van der Waals surface area (Å²) in [6.07, 6.45) is 0.527. The lowest BCUT2D eigenvalue weighted by molar-refractivity contribution is 0.205. The van der Waals surface area contributed by atoms with Crippen LogP contribution in [0, 0.1) is 0 Å². The van der Waals surface area contributed by atoms with Crippen LogP contribution in [0.5, 0.6) is 0 Å². The highest BCUT2D eigenvalue weighted by Gasteiger charge is 2.37. The fourth-order valence-corrected chi connectivity index (χ4v) is 2.13. The predicted octanol–water partition coefficient (Wildman–Crippen LogP) is 0.846. The minimum absolute atomic E-state index is 0.543. The second kappa shape index (κ2) is 4.28. The van der Waals surface area contributed by atoms with E-state index in [9.17, 15) is 5.11 Å². The lowest BCUT2D eigenvalue weighted by Crippen LogP contribution is -2.47. The van der Waals surface area contributed by atoms with Gasteiger partial charge >= 0.3 is 0 Å². The molecule has 1 unspecified atom stereocenters. The first-order valence-electron chi connectivity index (χ1n) is 4.85. The molecule has 0 radical (unpaired) electrons. The first-order valence-corrected chi connectivity index (χ1v) is 5.26. The normalized spacial score (nSPS) is 20.9. The number of hydrogen-bond acceptors (Lipinski definition) is 4. The first-order chi connectivity index (χ1) is 6.50. The Balaban J connectivity index is 2.88. The first kappa shape index (κ1) is 11.5. The van der Waals surface area contributed by atoms with Crippen LogP contribution >= 0.6 is 12.2 Å². The van der Waals surface area contributed by atoms with Gasteiger partial charge in [-0.25, -0.2) is 0 Å². The summed E-state index contributed by atoms with van der Waals surface area (Å²) in [5, 5.41) is 9.73. The van der Waals surface area contributed by atoms with E-state index in [2.05, 4.69) is 11.8 Å². The maximum absolute atomic E-state index is 9.73. The van der Waals surface area contributed by atoms with E-state index >= 15 is 0 Å². The Labute approximate surface area is 91.0 Å². The van der Waals surface area contributed by atoms with Crippen molar-refractivity contribution in [1.82, 2.24) is 9.80 Å². The van der Waals surface area contributed by atoms with E-state index in [1.807, 2.05) is 26.0 Å². The van der Waals surface area contributed by atoms with Crippen LogP contribution in [-0.4, -0.2) is 53.6 Å². The SMILES string of the molecule is CCCN(C)C1=C(N(C)C)C(=S)C1O. The van der Waals surface area contributed by atoms with E-state index in [0.29, 0.717) is 4.86 Å². The Hall–Kier alpha value is -0.610. The topological polar surface area (TPSA) is 26.7 Å². The van der Waals surface area contributed by atoms with Crippen molar-refractivity contribution >= 4 is 17.1 Å². The predicted molar refractivity (Wildman–Crippen MR) is 62.2 cm³/mol. The van der Waals surface area contributed by atoms with E-state index in [1.165, 1.54) is 0 Å². The number of rotatable bonds is 4. The standard InChI is InChI=1S/C10H18N2OS/c1-5-6-12(4)7-8(11(2)3)10(14)9(7)13/h9,13H,5-6H2,1-4H3. The molecule has 0 fully saturated rings. The molecule has 1 N–H and O–H groups in total. The van der Waals surface area contributed by atoms with Gasteiger partial charge in [-0.05, 0) is 6.42 Å². The summed E-state index contributed by atoms with van der Waals surface area (Å²) >= 11 is 5.11. The van der Waals surface area contributed by atoms with E-state index in [1.54, 1.807) is 0 Å². The minimum Gasteiger partial charge on any atom is -0.381 e. The van der Waals surface area contributed by atoms with Crippen molar-refractivity contribution in [3.63, 3.8) is 0 Å². The van der Waals surface area contributed by atoms with Crippen molar-refractivity contribution < 1.29 is 5.11 Å². The summed E-state index contributed by atoms with van der Waals surface area (Å²) in [4.78, 5) is 4.71. The van der Waals surface area contributed by atoms with Gasteiger partial charge in [0, 0.05) is 27.7 Å². The molecule has 14 heavy (non-hydrogen) atoms. The maximum Gasteiger partial charge on any atom is 0.133 e. The molecule has 0 aromatic heterocycles. The molecule has 0 aromatic rings. The lowest BCUT2D eigenvalue weighted by Gasteiger charge is -2.40. The van der Waals surface area contributed by atoms with E-state index in [0.717, 1.165) is 24.4 Å². The van der Waals surface area contributed by atoms with Crippen LogP contribution in [-0.2, 0) is 0 Å². The van der Waals surface area contributed by atoms with Crippen LogP contribution in [0.25, 0.3) is 0 Å². The second-order valence-electron chi connectivity index (χ2n) is 3.82. The summed E-state index contributed by atoms with van der Waals surface area (Å²) in [5.41, 5.74) is 1.96. The zero-order valence-electron chi connectivity index (χ0n) is 9.24. The molecule has 0 heterocycles. The third-order valence-corrected chi connectivity index (χ3v) is 2.82. The van der Waals surface area contributed by atoms with E-state index < -0.39 is 6.10 Å². The summed E-state index contributed by atoms with van der Waals surface area (Å²) in [6, 6.07) is 0. The van der Waals surface area contributed by atoms with Crippen molar-refractivity contribution in [1.29, 1.82) is 0 Å². The molecule has 1 aliphatic rings. The Morgan fingerprint density at radius 1 is 1.36 bits per heavy atom. The molecule has 1 rings (SSSR count). The molecule has 0 saturated carbocycles. The smallest absolute Gasteiger partial charge is 0.133 e. The van der Waals surface area contributed by atoms with Gasteiger partial charge in [-0.3, -0.25) is 0 Å². The molecule has 0 saturated heterocycles. The number of aliphatic hydroxyl groups excluding tert-OH is 1. The quantitative estimate of drug-likeness (QED) is 0.702. The van der Waals surface area contributed by atoms with Crippen LogP contribution in [0.2, 0.25) is 0 Å². The van der Waals surface area contributed by atoms with Gasteiger partial charge in [-0.15, -0.1) is 0 Å². The average molecular weight is 214 g/mol. The van der Waals surface area contributed by atoms with Crippen LogP contribution in [0.4, 0.5) is 0 Å². The van der Waals surface area contributed by atoms with Gasteiger partial charge < -0.3 is 14.9 Å².